The van der Waals surface area contributed by atoms with Gasteiger partial charge in [0.1, 0.15) is 11.5 Å². The maximum absolute atomic E-state index is 12.1. The normalized spacial score (nSPS) is 13.4. The average Bonchev–Trinajstić information content (AvgIpc) is 3.09. The fraction of sp³-hybridized carbons (Fsp3) is 0.500. The average molecular weight is 343 g/mol. The molecule has 1 amide bonds. The van der Waals surface area contributed by atoms with Gasteiger partial charge in [0.15, 0.2) is 0 Å². The quantitative estimate of drug-likeness (QED) is 0.707. The Balaban J connectivity index is 1.68. The van der Waals surface area contributed by atoms with Gasteiger partial charge < -0.3 is 15.2 Å². The number of carbonyl (C=O) groups excluding carboxylic acids is 1. The van der Waals surface area contributed by atoms with Gasteiger partial charge in [-0.15, -0.1) is 0 Å². The summed E-state index contributed by atoms with van der Waals surface area (Å²) in [6.45, 7) is 4.52. The molecule has 5 nitrogen and oxygen atoms in total. The number of aromatic nitrogens is 1. The van der Waals surface area contributed by atoms with Crippen LogP contribution in [0.25, 0.3) is 11.3 Å². The summed E-state index contributed by atoms with van der Waals surface area (Å²) in [7, 11) is 1.85. The van der Waals surface area contributed by atoms with E-state index in [1.165, 1.54) is 0 Å². The fourth-order valence-corrected chi connectivity index (χ4v) is 2.68. The number of hydrogen-bond donors (Lipinski definition) is 1. The highest BCUT2D eigenvalue weighted by Gasteiger charge is 2.20. The first-order valence-corrected chi connectivity index (χ1v) is 9.00. The zero-order valence-electron chi connectivity index (χ0n) is 15.4. The molecule has 2 unspecified atom stereocenters. The van der Waals surface area contributed by atoms with E-state index in [-0.39, 0.29) is 17.9 Å². The lowest BCUT2D eigenvalue weighted by Gasteiger charge is -2.23. The number of amides is 1. The van der Waals surface area contributed by atoms with Gasteiger partial charge in [0.05, 0.1) is 5.92 Å². The van der Waals surface area contributed by atoms with Crippen LogP contribution in [-0.4, -0.2) is 35.6 Å². The van der Waals surface area contributed by atoms with Crippen molar-refractivity contribution in [3.63, 3.8) is 0 Å². The maximum atomic E-state index is 12.1. The third-order valence-corrected chi connectivity index (χ3v) is 4.60. The summed E-state index contributed by atoms with van der Waals surface area (Å²) in [5.41, 5.74) is 7.75. The van der Waals surface area contributed by atoms with Crippen LogP contribution in [-0.2, 0) is 11.2 Å². The second-order valence-corrected chi connectivity index (χ2v) is 6.76. The number of aryl methyl sites for hydroxylation is 1. The van der Waals surface area contributed by atoms with Crippen molar-refractivity contribution >= 4 is 5.91 Å². The lowest BCUT2D eigenvalue weighted by molar-refractivity contribution is -0.134. The molecule has 0 saturated carbocycles. The summed E-state index contributed by atoms with van der Waals surface area (Å²) < 4.78 is 5.41. The Labute approximate surface area is 150 Å². The number of nitrogens with two attached hydrogens (primary N) is 1. The molecule has 1 aromatic heterocycles. The van der Waals surface area contributed by atoms with Gasteiger partial charge in [-0.2, -0.15) is 0 Å². The number of nitrogens with zero attached hydrogens (tertiary/aromatic N) is 2. The molecule has 0 aliphatic heterocycles. The van der Waals surface area contributed by atoms with Crippen molar-refractivity contribution in [1.29, 1.82) is 0 Å². The maximum Gasteiger partial charge on any atom is 0.226 e. The fourth-order valence-electron chi connectivity index (χ4n) is 2.68. The van der Waals surface area contributed by atoms with Crippen molar-refractivity contribution in [2.45, 2.75) is 45.6 Å². The molecule has 0 radical (unpaired) electrons. The van der Waals surface area contributed by atoms with Crippen LogP contribution in [0.4, 0.5) is 0 Å². The van der Waals surface area contributed by atoms with Gasteiger partial charge in [-0.1, -0.05) is 48.8 Å². The van der Waals surface area contributed by atoms with Crippen molar-refractivity contribution in [2.75, 3.05) is 13.6 Å². The van der Waals surface area contributed by atoms with Crippen molar-refractivity contribution in [3.05, 3.63) is 42.2 Å². The molecule has 0 saturated heterocycles. The van der Waals surface area contributed by atoms with E-state index in [0.29, 0.717) is 0 Å². The van der Waals surface area contributed by atoms with Gasteiger partial charge in [0.2, 0.25) is 5.91 Å². The van der Waals surface area contributed by atoms with Crippen LogP contribution in [0.2, 0.25) is 0 Å². The Hall–Kier alpha value is -2.14. The van der Waals surface area contributed by atoms with Crippen LogP contribution >= 0.6 is 0 Å². The Bertz CT molecular complexity index is 652. The van der Waals surface area contributed by atoms with E-state index in [1.807, 2.05) is 57.3 Å². The zero-order chi connectivity index (χ0) is 18.2. The lowest BCUT2D eigenvalue weighted by Crippen LogP contribution is -2.40. The van der Waals surface area contributed by atoms with Gasteiger partial charge in [0.25, 0.3) is 0 Å². The lowest BCUT2D eigenvalue weighted by atomic mass is 10.0. The molecule has 0 aliphatic rings. The summed E-state index contributed by atoms with van der Waals surface area (Å²) in [6.07, 6.45) is 3.92. The minimum atomic E-state index is -0.129. The molecule has 2 rings (SSSR count). The molecule has 2 N–H and O–H groups in total. The highest BCUT2D eigenvalue weighted by atomic mass is 16.5. The van der Waals surface area contributed by atoms with Gasteiger partial charge >= 0.3 is 0 Å². The Kier molecular flexibility index (Phi) is 7.19. The minimum absolute atomic E-state index is 0.111. The summed E-state index contributed by atoms with van der Waals surface area (Å²) in [6, 6.07) is 11.9. The molecule has 136 valence electrons. The third kappa shape index (κ3) is 5.71. The van der Waals surface area contributed by atoms with Crippen LogP contribution in [0, 0.1) is 5.92 Å². The van der Waals surface area contributed by atoms with E-state index in [9.17, 15) is 4.79 Å². The molecule has 1 heterocycles. The SMILES string of the molecule is CC(N)C(C)C(=O)N(C)CCCCCc1cc(-c2ccccc2)no1. The highest BCUT2D eigenvalue weighted by molar-refractivity contribution is 5.78. The van der Waals surface area contributed by atoms with E-state index in [0.717, 1.165) is 49.2 Å². The van der Waals surface area contributed by atoms with E-state index >= 15 is 0 Å². The van der Waals surface area contributed by atoms with Crippen LogP contribution < -0.4 is 5.73 Å². The topological polar surface area (TPSA) is 72.4 Å². The van der Waals surface area contributed by atoms with Gasteiger partial charge in [-0.3, -0.25) is 4.79 Å². The summed E-state index contributed by atoms with van der Waals surface area (Å²) in [5.74, 6) is 0.905. The minimum Gasteiger partial charge on any atom is -0.361 e. The summed E-state index contributed by atoms with van der Waals surface area (Å²) >= 11 is 0. The van der Waals surface area contributed by atoms with E-state index < -0.39 is 0 Å². The second-order valence-electron chi connectivity index (χ2n) is 6.76. The van der Waals surface area contributed by atoms with E-state index in [4.69, 9.17) is 10.3 Å². The first-order valence-electron chi connectivity index (χ1n) is 9.00. The number of carbonyl (C=O) groups is 1. The zero-order valence-corrected chi connectivity index (χ0v) is 15.4. The number of unbranched alkanes of at least 4 members (excludes halogenated alkanes) is 2. The summed E-state index contributed by atoms with van der Waals surface area (Å²) in [4.78, 5) is 13.9. The number of rotatable bonds is 9. The largest absolute Gasteiger partial charge is 0.361 e. The second kappa shape index (κ2) is 9.37. The van der Waals surface area contributed by atoms with Crippen molar-refractivity contribution in [2.24, 2.45) is 11.7 Å². The van der Waals surface area contributed by atoms with E-state index in [2.05, 4.69) is 5.16 Å². The Morgan fingerprint density at radius 2 is 1.92 bits per heavy atom. The molecular formula is C20H29N3O2. The smallest absolute Gasteiger partial charge is 0.226 e. The highest BCUT2D eigenvalue weighted by Crippen LogP contribution is 2.19. The van der Waals surface area contributed by atoms with Crippen LogP contribution in [0.3, 0.4) is 0 Å². The number of benzene rings is 1. The molecular weight excluding hydrogens is 314 g/mol. The van der Waals surface area contributed by atoms with Crippen LogP contribution in [0.5, 0.6) is 0 Å². The van der Waals surface area contributed by atoms with Gasteiger partial charge in [-0.05, 0) is 19.8 Å². The predicted molar refractivity (Wildman–Crippen MR) is 99.9 cm³/mol. The molecule has 2 aromatic rings. The molecule has 2 atom stereocenters. The molecule has 1 aromatic carbocycles. The van der Waals surface area contributed by atoms with Gasteiger partial charge in [-0.25, -0.2) is 0 Å². The Morgan fingerprint density at radius 1 is 1.20 bits per heavy atom. The standard InChI is InChI=1S/C20H29N3O2/c1-15(16(2)21)20(24)23(3)13-9-5-8-12-18-14-19(22-25-18)17-10-6-4-7-11-17/h4,6-7,10-11,14-16H,5,8-9,12-13,21H2,1-3H3. The molecule has 0 fully saturated rings. The molecule has 25 heavy (non-hydrogen) atoms. The molecule has 0 bridgehead atoms. The van der Waals surface area contributed by atoms with E-state index in [1.54, 1.807) is 4.90 Å². The van der Waals surface area contributed by atoms with Crippen LogP contribution in [0.1, 0.15) is 38.9 Å². The predicted octanol–water partition coefficient (Wildman–Crippen LogP) is 3.50. The van der Waals surface area contributed by atoms with Crippen molar-refractivity contribution in [3.8, 4) is 11.3 Å². The van der Waals surface area contributed by atoms with Crippen molar-refractivity contribution in [1.82, 2.24) is 10.1 Å². The first-order chi connectivity index (χ1) is 12.0. The third-order valence-electron chi connectivity index (χ3n) is 4.60. The summed E-state index contributed by atoms with van der Waals surface area (Å²) in [5, 5.41) is 4.13. The monoisotopic (exact) mass is 343 g/mol. The first kappa shape index (κ1) is 19.2. The molecule has 5 heteroatoms. The molecule has 0 aliphatic carbocycles. The van der Waals surface area contributed by atoms with Crippen molar-refractivity contribution < 1.29 is 9.32 Å². The van der Waals surface area contributed by atoms with Gasteiger partial charge in [0, 0.05) is 37.7 Å². The Morgan fingerprint density at radius 3 is 2.60 bits per heavy atom. The van der Waals surface area contributed by atoms with Crippen LogP contribution in [0.15, 0.2) is 40.9 Å². The number of hydrogen-bond acceptors (Lipinski definition) is 4. The molecule has 0 spiro atoms.